The number of hydrogen-bond donors (Lipinski definition) is 2. The number of aromatic nitrogens is 2. The second-order valence-corrected chi connectivity index (χ2v) is 8.78. The number of nitrogens with one attached hydrogen (secondary N) is 2. The Bertz CT molecular complexity index is 893. The molecular weight excluding hydrogens is 356 g/mol. The third kappa shape index (κ3) is 3.46. The van der Waals surface area contributed by atoms with Gasteiger partial charge in [0.2, 0.25) is 15.9 Å². The number of ether oxygens (including phenoxy) is 1. The van der Waals surface area contributed by atoms with Crippen molar-refractivity contribution in [1.29, 1.82) is 0 Å². The third-order valence-corrected chi connectivity index (χ3v) is 5.79. The summed E-state index contributed by atoms with van der Waals surface area (Å²) < 4.78 is 33.2. The molecule has 0 radical (unpaired) electrons. The Labute approximate surface area is 152 Å². The number of pyridine rings is 1. The number of aryl methyl sites for hydroxylation is 1. The number of hydrogen-bond acceptors (Lipinski definition) is 5. The number of amides is 1. The maximum Gasteiger partial charge on any atom is 0.220 e. The first-order valence-electron chi connectivity index (χ1n) is 8.71. The Morgan fingerprint density at radius 2 is 2.23 bits per heavy atom. The molecule has 0 unspecified atom stereocenters. The van der Waals surface area contributed by atoms with E-state index in [9.17, 15) is 13.2 Å². The molecule has 3 heterocycles. The zero-order valence-corrected chi connectivity index (χ0v) is 15.3. The van der Waals surface area contributed by atoms with Gasteiger partial charge in [0.1, 0.15) is 5.65 Å². The normalized spacial score (nSPS) is 27.9. The molecular formula is C17H22N4O4S. The van der Waals surface area contributed by atoms with Crippen LogP contribution in [0.1, 0.15) is 18.5 Å². The molecule has 2 N–H and O–H groups in total. The van der Waals surface area contributed by atoms with E-state index >= 15 is 0 Å². The zero-order valence-electron chi connectivity index (χ0n) is 14.5. The van der Waals surface area contributed by atoms with E-state index in [4.69, 9.17) is 4.74 Å². The highest BCUT2D eigenvalue weighted by atomic mass is 32.2. The monoisotopic (exact) mass is 378 g/mol. The summed E-state index contributed by atoms with van der Waals surface area (Å²) in [6.07, 6.45) is 6.50. The quantitative estimate of drug-likeness (QED) is 0.742. The molecule has 8 nitrogen and oxygen atoms in total. The summed E-state index contributed by atoms with van der Waals surface area (Å²) >= 11 is 0. The molecule has 140 valence electrons. The van der Waals surface area contributed by atoms with Crippen LogP contribution >= 0.6 is 0 Å². The van der Waals surface area contributed by atoms with E-state index in [1.165, 1.54) is 0 Å². The molecule has 1 saturated heterocycles. The van der Waals surface area contributed by atoms with Gasteiger partial charge in [0, 0.05) is 31.3 Å². The molecule has 1 aliphatic heterocycles. The van der Waals surface area contributed by atoms with Crippen molar-refractivity contribution >= 4 is 21.6 Å². The largest absolute Gasteiger partial charge is 0.376 e. The molecule has 0 bridgehead atoms. The number of nitrogens with zero attached hydrogens (tertiary/aromatic N) is 2. The molecule has 0 spiro atoms. The lowest BCUT2D eigenvalue weighted by Crippen LogP contribution is -2.70. The lowest BCUT2D eigenvalue weighted by atomic mass is 9.72. The van der Waals surface area contributed by atoms with Gasteiger partial charge in [-0.3, -0.25) is 4.79 Å². The van der Waals surface area contributed by atoms with Crippen LogP contribution in [0.5, 0.6) is 0 Å². The molecule has 1 aliphatic carbocycles. The van der Waals surface area contributed by atoms with Gasteiger partial charge in [-0.1, -0.05) is 6.07 Å². The van der Waals surface area contributed by atoms with Crippen LogP contribution in [0, 0.1) is 5.92 Å². The van der Waals surface area contributed by atoms with Crippen molar-refractivity contribution in [3.63, 3.8) is 0 Å². The van der Waals surface area contributed by atoms with Gasteiger partial charge >= 0.3 is 0 Å². The van der Waals surface area contributed by atoms with Crippen LogP contribution in [0.15, 0.2) is 30.6 Å². The van der Waals surface area contributed by atoms with Crippen LogP contribution in [-0.4, -0.2) is 54.8 Å². The van der Waals surface area contributed by atoms with E-state index in [0.717, 1.165) is 24.0 Å². The summed E-state index contributed by atoms with van der Waals surface area (Å²) in [6, 6.07) is 5.16. The van der Waals surface area contributed by atoms with Crippen LogP contribution < -0.4 is 10.0 Å². The Morgan fingerprint density at radius 1 is 1.38 bits per heavy atom. The summed E-state index contributed by atoms with van der Waals surface area (Å²) in [4.78, 5) is 16.9. The lowest BCUT2D eigenvalue weighted by Gasteiger charge is -2.47. The first-order valence-corrected chi connectivity index (χ1v) is 10.6. The zero-order chi connectivity index (χ0) is 18.3. The topological polar surface area (TPSA) is 102 Å². The van der Waals surface area contributed by atoms with Crippen molar-refractivity contribution in [1.82, 2.24) is 19.4 Å². The second-order valence-electron chi connectivity index (χ2n) is 7.00. The molecule has 2 fully saturated rings. The predicted octanol–water partition coefficient (Wildman–Crippen LogP) is 0.0882. The summed E-state index contributed by atoms with van der Waals surface area (Å²) in [5.41, 5.74) is 1.71. The maximum atomic E-state index is 12.4. The molecule has 0 aromatic carbocycles. The number of rotatable bonds is 6. The van der Waals surface area contributed by atoms with Crippen molar-refractivity contribution in [2.24, 2.45) is 5.92 Å². The van der Waals surface area contributed by atoms with Crippen molar-refractivity contribution in [3.8, 4) is 0 Å². The molecule has 4 atom stereocenters. The van der Waals surface area contributed by atoms with Gasteiger partial charge in [-0.05, 0) is 25.0 Å². The molecule has 2 aromatic heterocycles. The third-order valence-electron chi connectivity index (χ3n) is 5.09. The minimum Gasteiger partial charge on any atom is -0.376 e. The highest BCUT2D eigenvalue weighted by Crippen LogP contribution is 2.39. The van der Waals surface area contributed by atoms with Crippen LogP contribution in [0.4, 0.5) is 0 Å². The van der Waals surface area contributed by atoms with E-state index in [-0.39, 0.29) is 24.0 Å². The molecule has 26 heavy (non-hydrogen) atoms. The number of carbonyl (C=O) groups is 1. The van der Waals surface area contributed by atoms with Crippen molar-refractivity contribution in [2.45, 2.75) is 37.5 Å². The standard InChI is InChI=1S/C17H22N4O4S/c1-26(23,24)20-16-15(12-7-9-25-17(12)16)19-14(22)6-5-11-10-21-8-3-2-4-13(21)18-11/h2-4,8,10,12,15-17,20H,5-7,9H2,1H3,(H,19,22)/t12-,15+,16-,17-/m0/s1. The summed E-state index contributed by atoms with van der Waals surface area (Å²) in [6.45, 7) is 0.602. The SMILES string of the molecule is CS(=O)(=O)N[C@H]1[C@H](NC(=O)CCc2cn3ccccc3n2)[C@@H]2CCO[C@@H]21. The van der Waals surface area contributed by atoms with Crippen LogP contribution in [-0.2, 0) is 26.0 Å². The van der Waals surface area contributed by atoms with Gasteiger partial charge < -0.3 is 14.5 Å². The summed E-state index contributed by atoms with van der Waals surface area (Å²) in [5.74, 6) is 0.0751. The highest BCUT2D eigenvalue weighted by Gasteiger charge is 2.55. The smallest absolute Gasteiger partial charge is 0.220 e. The van der Waals surface area contributed by atoms with E-state index in [0.29, 0.717) is 19.4 Å². The molecule has 1 amide bonds. The molecule has 1 saturated carbocycles. The average molecular weight is 378 g/mol. The maximum absolute atomic E-state index is 12.4. The highest BCUT2D eigenvalue weighted by molar-refractivity contribution is 7.88. The molecule has 2 aliphatic rings. The van der Waals surface area contributed by atoms with Crippen molar-refractivity contribution in [2.75, 3.05) is 12.9 Å². The van der Waals surface area contributed by atoms with Gasteiger partial charge in [0.15, 0.2) is 0 Å². The first-order chi connectivity index (χ1) is 12.4. The lowest BCUT2D eigenvalue weighted by molar-refractivity contribution is -0.125. The van der Waals surface area contributed by atoms with Crippen LogP contribution in [0.2, 0.25) is 0 Å². The Kier molecular flexibility index (Phi) is 4.45. The fourth-order valence-corrected chi connectivity index (χ4v) is 4.67. The first kappa shape index (κ1) is 17.4. The number of carbonyl (C=O) groups excluding carboxylic acids is 1. The molecule has 9 heteroatoms. The number of sulfonamides is 1. The van der Waals surface area contributed by atoms with Crippen LogP contribution in [0.3, 0.4) is 0 Å². The van der Waals surface area contributed by atoms with Gasteiger partial charge in [-0.25, -0.2) is 18.1 Å². The summed E-state index contributed by atoms with van der Waals surface area (Å²) in [7, 11) is -3.36. The van der Waals surface area contributed by atoms with E-state index in [1.54, 1.807) is 0 Å². The van der Waals surface area contributed by atoms with Gasteiger partial charge in [-0.2, -0.15) is 0 Å². The fraction of sp³-hybridized carbons (Fsp3) is 0.529. The predicted molar refractivity (Wildman–Crippen MR) is 95.1 cm³/mol. The number of imidazole rings is 1. The van der Waals surface area contributed by atoms with E-state index < -0.39 is 16.1 Å². The molecule has 2 aromatic rings. The van der Waals surface area contributed by atoms with Crippen molar-refractivity contribution < 1.29 is 17.9 Å². The average Bonchev–Trinajstić information content (AvgIpc) is 3.19. The van der Waals surface area contributed by atoms with Gasteiger partial charge in [-0.15, -0.1) is 0 Å². The Morgan fingerprint density at radius 3 is 3.00 bits per heavy atom. The minimum absolute atomic E-state index is 0.0993. The second kappa shape index (κ2) is 6.64. The van der Waals surface area contributed by atoms with Crippen molar-refractivity contribution in [3.05, 3.63) is 36.3 Å². The minimum atomic E-state index is -3.36. The van der Waals surface area contributed by atoms with Gasteiger partial charge in [0.05, 0.1) is 30.1 Å². The Balaban J connectivity index is 1.36. The van der Waals surface area contributed by atoms with E-state index in [2.05, 4.69) is 15.0 Å². The summed E-state index contributed by atoms with van der Waals surface area (Å²) in [5, 5.41) is 2.98. The van der Waals surface area contributed by atoms with E-state index in [1.807, 2.05) is 35.0 Å². The number of fused-ring (bicyclic) bond motifs is 2. The molecule has 4 rings (SSSR count). The Hall–Kier alpha value is -1.97. The van der Waals surface area contributed by atoms with Crippen LogP contribution in [0.25, 0.3) is 5.65 Å². The fourth-order valence-electron chi connectivity index (χ4n) is 3.90. The van der Waals surface area contributed by atoms with Gasteiger partial charge in [0.25, 0.3) is 0 Å².